The number of aryl methyl sites for hydroxylation is 2. The van der Waals surface area contributed by atoms with E-state index < -0.39 is 10.0 Å². The van der Waals surface area contributed by atoms with Gasteiger partial charge in [-0.3, -0.25) is 4.79 Å². The Morgan fingerprint density at radius 2 is 1.63 bits per heavy atom. The Morgan fingerprint density at radius 3 is 2.20 bits per heavy atom. The van der Waals surface area contributed by atoms with Gasteiger partial charge in [-0.15, -0.1) is 0 Å². The molecule has 8 heteroatoms. The van der Waals surface area contributed by atoms with Crippen molar-refractivity contribution in [2.75, 3.05) is 38.5 Å². The first-order chi connectivity index (χ1) is 14.3. The Hall–Kier alpha value is -1.93. The SMILES string of the molecule is CCc1cccc(CC)c1NC(=O)c1ccc(Cl)c(S(=O)(=O)N2CCN(C)CC2)c1. The molecule has 1 fully saturated rings. The van der Waals surface area contributed by atoms with Crippen LogP contribution < -0.4 is 5.32 Å². The van der Waals surface area contributed by atoms with Crippen LogP contribution in [-0.2, 0) is 22.9 Å². The van der Waals surface area contributed by atoms with E-state index in [2.05, 4.69) is 10.2 Å². The monoisotopic (exact) mass is 449 g/mol. The van der Waals surface area contributed by atoms with Crippen molar-refractivity contribution in [2.45, 2.75) is 31.6 Å². The van der Waals surface area contributed by atoms with Crippen LogP contribution in [0.3, 0.4) is 0 Å². The fourth-order valence-electron chi connectivity index (χ4n) is 3.60. The molecule has 0 aromatic heterocycles. The summed E-state index contributed by atoms with van der Waals surface area (Å²) in [4.78, 5) is 15.0. The number of anilines is 1. The smallest absolute Gasteiger partial charge is 0.255 e. The molecule has 1 aliphatic rings. The summed E-state index contributed by atoms with van der Waals surface area (Å²) < 4.78 is 27.7. The number of halogens is 1. The molecule has 30 heavy (non-hydrogen) atoms. The number of amides is 1. The zero-order valence-electron chi connectivity index (χ0n) is 17.6. The molecule has 1 N–H and O–H groups in total. The van der Waals surface area contributed by atoms with Gasteiger partial charge in [0.15, 0.2) is 0 Å². The van der Waals surface area contributed by atoms with Crippen LogP contribution >= 0.6 is 11.6 Å². The number of rotatable bonds is 6. The molecule has 0 saturated carbocycles. The Labute approximate surface area is 183 Å². The molecule has 2 aromatic carbocycles. The molecule has 0 spiro atoms. The van der Waals surface area contributed by atoms with Gasteiger partial charge in [-0.2, -0.15) is 4.31 Å². The molecule has 162 valence electrons. The molecule has 1 saturated heterocycles. The molecule has 1 amide bonds. The zero-order chi connectivity index (χ0) is 21.9. The summed E-state index contributed by atoms with van der Waals surface area (Å²) in [5.74, 6) is -0.350. The molecular weight excluding hydrogens is 422 g/mol. The first-order valence-electron chi connectivity index (χ1n) is 10.2. The van der Waals surface area contributed by atoms with Crippen LogP contribution in [0.4, 0.5) is 5.69 Å². The van der Waals surface area contributed by atoms with Gasteiger partial charge in [0.1, 0.15) is 4.90 Å². The number of benzene rings is 2. The predicted molar refractivity (Wildman–Crippen MR) is 121 cm³/mol. The second kappa shape index (κ2) is 9.47. The van der Waals surface area contributed by atoms with E-state index in [0.717, 1.165) is 29.7 Å². The van der Waals surface area contributed by atoms with Crippen molar-refractivity contribution >= 4 is 33.2 Å². The van der Waals surface area contributed by atoms with Crippen molar-refractivity contribution in [3.05, 3.63) is 58.1 Å². The highest BCUT2D eigenvalue weighted by Crippen LogP contribution is 2.28. The minimum atomic E-state index is -3.78. The summed E-state index contributed by atoms with van der Waals surface area (Å²) in [5, 5.41) is 3.10. The summed E-state index contributed by atoms with van der Waals surface area (Å²) in [6, 6.07) is 10.4. The van der Waals surface area contributed by atoms with Gasteiger partial charge in [-0.25, -0.2) is 8.42 Å². The van der Waals surface area contributed by atoms with Crippen molar-refractivity contribution in [1.82, 2.24) is 9.21 Å². The van der Waals surface area contributed by atoms with Crippen LogP contribution in [0.15, 0.2) is 41.3 Å². The summed E-state index contributed by atoms with van der Waals surface area (Å²) >= 11 is 6.24. The lowest BCUT2D eigenvalue weighted by Crippen LogP contribution is -2.47. The molecular formula is C22H28ClN3O3S. The highest BCUT2D eigenvalue weighted by atomic mass is 35.5. The second-order valence-corrected chi connectivity index (χ2v) is 9.78. The Balaban J connectivity index is 1.91. The third-order valence-corrected chi connectivity index (χ3v) is 7.89. The fraction of sp³-hybridized carbons (Fsp3) is 0.409. The molecule has 2 aromatic rings. The van der Waals surface area contributed by atoms with Gasteiger partial charge in [0.2, 0.25) is 10.0 Å². The first kappa shape index (κ1) is 22.7. The average molecular weight is 450 g/mol. The third-order valence-electron chi connectivity index (χ3n) is 5.51. The first-order valence-corrected chi connectivity index (χ1v) is 12.0. The molecule has 0 unspecified atom stereocenters. The topological polar surface area (TPSA) is 69.7 Å². The van der Waals surface area contributed by atoms with Gasteiger partial charge in [0.25, 0.3) is 5.91 Å². The third kappa shape index (κ3) is 4.70. The lowest BCUT2D eigenvalue weighted by atomic mass is 10.0. The Morgan fingerprint density at radius 1 is 1.03 bits per heavy atom. The van der Waals surface area contributed by atoms with E-state index in [1.54, 1.807) is 6.07 Å². The molecule has 0 radical (unpaired) electrons. The highest BCUT2D eigenvalue weighted by Gasteiger charge is 2.30. The van der Waals surface area contributed by atoms with Crippen molar-refractivity contribution in [1.29, 1.82) is 0 Å². The molecule has 3 rings (SSSR count). The number of hydrogen-bond acceptors (Lipinski definition) is 4. The van der Waals surface area contributed by atoms with Crippen LogP contribution in [0.1, 0.15) is 35.3 Å². The maximum Gasteiger partial charge on any atom is 0.255 e. The standard InChI is InChI=1S/C22H28ClN3O3S/c1-4-16-7-6-8-17(5-2)21(16)24-22(27)18-9-10-19(23)20(15-18)30(28,29)26-13-11-25(3)12-14-26/h6-10,15H,4-5,11-14H2,1-3H3,(H,24,27). The maximum atomic E-state index is 13.1. The molecule has 1 heterocycles. The minimum Gasteiger partial charge on any atom is -0.321 e. The lowest BCUT2D eigenvalue weighted by molar-refractivity contribution is 0.102. The van der Waals surface area contributed by atoms with E-state index in [1.165, 1.54) is 16.4 Å². The number of nitrogens with one attached hydrogen (secondary N) is 1. The average Bonchev–Trinajstić information content (AvgIpc) is 2.74. The normalized spacial score (nSPS) is 15.9. The lowest BCUT2D eigenvalue weighted by Gasteiger charge is -2.31. The summed E-state index contributed by atoms with van der Waals surface area (Å²) in [5.41, 5.74) is 3.15. The van der Waals surface area contributed by atoms with Crippen molar-refractivity contribution in [3.63, 3.8) is 0 Å². The van der Waals surface area contributed by atoms with Crippen LogP contribution in [0.5, 0.6) is 0 Å². The predicted octanol–water partition coefficient (Wildman–Crippen LogP) is 3.65. The zero-order valence-corrected chi connectivity index (χ0v) is 19.2. The molecule has 0 bridgehead atoms. The number of likely N-dealkylation sites (N-methyl/N-ethyl adjacent to an activating group) is 1. The van der Waals surface area contributed by atoms with E-state index >= 15 is 0 Å². The summed E-state index contributed by atoms with van der Waals surface area (Å²) in [6.07, 6.45) is 1.57. The van der Waals surface area contributed by atoms with E-state index in [0.29, 0.717) is 26.2 Å². The number of sulfonamides is 1. The van der Waals surface area contributed by atoms with Crippen molar-refractivity contribution < 1.29 is 13.2 Å². The van der Waals surface area contributed by atoms with Crippen LogP contribution in [0.2, 0.25) is 5.02 Å². The Bertz CT molecular complexity index is 1010. The van der Waals surface area contributed by atoms with Gasteiger partial charge < -0.3 is 10.2 Å². The van der Waals surface area contributed by atoms with Crippen LogP contribution in [0, 0.1) is 0 Å². The molecule has 6 nitrogen and oxygen atoms in total. The minimum absolute atomic E-state index is 0.0270. The molecule has 0 aliphatic carbocycles. The van der Waals surface area contributed by atoms with Crippen molar-refractivity contribution in [2.24, 2.45) is 0 Å². The van der Waals surface area contributed by atoms with E-state index in [1.807, 2.05) is 39.1 Å². The number of hydrogen-bond donors (Lipinski definition) is 1. The number of carbonyl (C=O) groups is 1. The number of carbonyl (C=O) groups excluding carboxylic acids is 1. The molecule has 1 aliphatic heterocycles. The number of nitrogens with zero attached hydrogens (tertiary/aromatic N) is 2. The van der Waals surface area contributed by atoms with Gasteiger partial charge in [-0.1, -0.05) is 43.6 Å². The van der Waals surface area contributed by atoms with Crippen LogP contribution in [-0.4, -0.2) is 56.8 Å². The van der Waals surface area contributed by atoms with E-state index in [4.69, 9.17) is 11.6 Å². The number of piperazine rings is 1. The number of para-hydroxylation sites is 1. The van der Waals surface area contributed by atoms with Gasteiger partial charge in [0, 0.05) is 37.4 Å². The molecule has 0 atom stereocenters. The summed E-state index contributed by atoms with van der Waals surface area (Å²) in [7, 11) is -1.82. The second-order valence-electron chi connectivity index (χ2n) is 7.47. The highest BCUT2D eigenvalue weighted by molar-refractivity contribution is 7.89. The van der Waals surface area contributed by atoms with Gasteiger partial charge in [0.05, 0.1) is 5.02 Å². The van der Waals surface area contributed by atoms with Crippen molar-refractivity contribution in [3.8, 4) is 0 Å². The van der Waals surface area contributed by atoms with E-state index in [-0.39, 0.29) is 21.4 Å². The summed E-state index contributed by atoms with van der Waals surface area (Å²) in [6.45, 7) is 6.18. The quantitative estimate of drug-likeness (QED) is 0.730. The van der Waals surface area contributed by atoms with Gasteiger partial charge >= 0.3 is 0 Å². The fourth-order valence-corrected chi connectivity index (χ4v) is 5.52. The van der Waals surface area contributed by atoms with E-state index in [9.17, 15) is 13.2 Å². The Kier molecular flexibility index (Phi) is 7.18. The van der Waals surface area contributed by atoms with Crippen LogP contribution in [0.25, 0.3) is 0 Å². The maximum absolute atomic E-state index is 13.1. The van der Waals surface area contributed by atoms with Gasteiger partial charge in [-0.05, 0) is 49.2 Å². The largest absolute Gasteiger partial charge is 0.321 e.